The van der Waals surface area contributed by atoms with Gasteiger partial charge in [0.15, 0.2) is 11.2 Å². The largest absolute Gasteiger partial charge is 0.393 e. The molecule has 126 valence electrons. The van der Waals surface area contributed by atoms with Crippen LogP contribution in [0.4, 0.5) is 0 Å². The fraction of sp³-hybridized carbons (Fsp3) is 0.667. The minimum absolute atomic E-state index is 0.281. The lowest BCUT2D eigenvalue weighted by molar-refractivity contribution is -0.120. The number of ether oxygens (including phenoxy) is 2. The summed E-state index contributed by atoms with van der Waals surface area (Å²) in [5.41, 5.74) is -2.06. The minimum Gasteiger partial charge on any atom is -0.393 e. The van der Waals surface area contributed by atoms with Crippen LogP contribution in [-0.2, 0) is 20.7 Å². The summed E-state index contributed by atoms with van der Waals surface area (Å²) in [6, 6.07) is 4.87. The molecule has 0 radical (unpaired) electrons. The molecule has 0 amide bonds. The van der Waals surface area contributed by atoms with Gasteiger partial charge in [-0.25, -0.2) is 0 Å². The van der Waals surface area contributed by atoms with Crippen molar-refractivity contribution in [2.45, 2.75) is 25.0 Å². The molecular formula is C15H25NO6. The number of hydrogen-bond acceptors (Lipinski definition) is 7. The van der Waals surface area contributed by atoms with E-state index in [4.69, 9.17) is 9.47 Å². The second-order valence-electron chi connectivity index (χ2n) is 4.90. The molecule has 1 aromatic heterocycles. The second-order valence-corrected chi connectivity index (χ2v) is 4.90. The fourth-order valence-corrected chi connectivity index (χ4v) is 2.25. The van der Waals surface area contributed by atoms with E-state index in [1.165, 1.54) is 0 Å². The van der Waals surface area contributed by atoms with E-state index in [0.29, 0.717) is 11.4 Å². The van der Waals surface area contributed by atoms with Crippen LogP contribution in [0.2, 0.25) is 0 Å². The zero-order chi connectivity index (χ0) is 16.6. The normalized spacial score (nSPS) is 12.6. The molecule has 22 heavy (non-hydrogen) atoms. The van der Waals surface area contributed by atoms with Crippen molar-refractivity contribution in [1.82, 2.24) is 4.98 Å². The lowest BCUT2D eigenvalue weighted by Gasteiger charge is -2.32. The number of aliphatic hydroxyl groups is 4. The summed E-state index contributed by atoms with van der Waals surface area (Å²) in [7, 11) is 0. The highest BCUT2D eigenvalue weighted by Gasteiger charge is 2.37. The van der Waals surface area contributed by atoms with Gasteiger partial charge in [0.1, 0.15) is 0 Å². The molecule has 0 aliphatic heterocycles. The molecule has 0 atom stereocenters. The van der Waals surface area contributed by atoms with Crippen molar-refractivity contribution in [3.8, 4) is 0 Å². The Balaban J connectivity index is 3.32. The number of rotatable bonds is 10. The molecule has 0 unspecified atom stereocenters. The monoisotopic (exact) mass is 315 g/mol. The van der Waals surface area contributed by atoms with E-state index in [-0.39, 0.29) is 13.2 Å². The third kappa shape index (κ3) is 3.62. The third-order valence-corrected chi connectivity index (χ3v) is 3.55. The summed E-state index contributed by atoms with van der Waals surface area (Å²) >= 11 is 0. The summed E-state index contributed by atoms with van der Waals surface area (Å²) < 4.78 is 11.0. The Bertz CT molecular complexity index is 408. The van der Waals surface area contributed by atoms with Gasteiger partial charge in [0.05, 0.1) is 37.8 Å². The Morgan fingerprint density at radius 1 is 0.818 bits per heavy atom. The Hall–Kier alpha value is -1.09. The molecular weight excluding hydrogens is 290 g/mol. The molecule has 0 aliphatic carbocycles. The van der Waals surface area contributed by atoms with Crippen LogP contribution in [0.25, 0.3) is 0 Å². The van der Waals surface area contributed by atoms with Crippen molar-refractivity contribution >= 4 is 0 Å². The number of aliphatic hydroxyl groups excluding tert-OH is 4. The van der Waals surface area contributed by atoms with Crippen LogP contribution in [-0.4, -0.2) is 65.1 Å². The van der Waals surface area contributed by atoms with Crippen LogP contribution in [0.3, 0.4) is 0 Å². The molecule has 0 fully saturated rings. The number of aromatic nitrogens is 1. The summed E-state index contributed by atoms with van der Waals surface area (Å²) in [6.07, 6.45) is 0. The molecule has 4 N–H and O–H groups in total. The SMILES string of the molecule is CCOC(CO)(CO)c1cccc(C(CO)(CO)OCC)n1. The highest BCUT2D eigenvalue weighted by Crippen LogP contribution is 2.28. The van der Waals surface area contributed by atoms with Crippen molar-refractivity contribution in [2.24, 2.45) is 0 Å². The second kappa shape index (κ2) is 8.52. The first-order valence-electron chi connectivity index (χ1n) is 7.27. The maximum absolute atomic E-state index is 9.62. The first-order chi connectivity index (χ1) is 10.6. The first kappa shape index (κ1) is 19.0. The summed E-state index contributed by atoms with van der Waals surface area (Å²) in [5.74, 6) is 0. The van der Waals surface area contributed by atoms with Crippen molar-refractivity contribution < 1.29 is 29.9 Å². The highest BCUT2D eigenvalue weighted by molar-refractivity contribution is 5.22. The van der Waals surface area contributed by atoms with Crippen molar-refractivity contribution in [2.75, 3.05) is 39.6 Å². The maximum atomic E-state index is 9.62. The molecule has 1 aromatic rings. The van der Waals surface area contributed by atoms with Gasteiger partial charge in [0.2, 0.25) is 0 Å². The molecule has 1 rings (SSSR count). The van der Waals surface area contributed by atoms with Crippen molar-refractivity contribution in [3.63, 3.8) is 0 Å². The van der Waals surface area contributed by atoms with Gasteiger partial charge in [0.25, 0.3) is 0 Å². The van der Waals surface area contributed by atoms with Gasteiger partial charge in [-0.15, -0.1) is 0 Å². The van der Waals surface area contributed by atoms with Crippen molar-refractivity contribution in [1.29, 1.82) is 0 Å². The van der Waals surface area contributed by atoms with E-state index >= 15 is 0 Å². The van der Waals surface area contributed by atoms with E-state index in [2.05, 4.69) is 4.98 Å². The van der Waals surface area contributed by atoms with Crippen LogP contribution < -0.4 is 0 Å². The lowest BCUT2D eigenvalue weighted by atomic mass is 9.96. The van der Waals surface area contributed by atoms with Gasteiger partial charge in [-0.05, 0) is 26.0 Å². The van der Waals surface area contributed by atoms with Crippen LogP contribution in [0, 0.1) is 0 Å². The predicted molar refractivity (Wildman–Crippen MR) is 79.2 cm³/mol. The van der Waals surface area contributed by atoms with Crippen LogP contribution >= 0.6 is 0 Å². The quantitative estimate of drug-likeness (QED) is 0.461. The predicted octanol–water partition coefficient (Wildman–Crippen LogP) is -0.486. The van der Waals surface area contributed by atoms with Gasteiger partial charge in [0, 0.05) is 13.2 Å². The molecule has 0 saturated carbocycles. The summed E-state index contributed by atoms with van der Waals surface area (Å²) in [5, 5.41) is 38.5. The Morgan fingerprint density at radius 2 is 1.18 bits per heavy atom. The number of nitrogens with zero attached hydrogens (tertiary/aromatic N) is 1. The molecule has 0 saturated heterocycles. The zero-order valence-electron chi connectivity index (χ0n) is 13.0. The average Bonchev–Trinajstić information content (AvgIpc) is 2.58. The van der Waals surface area contributed by atoms with Crippen LogP contribution in [0.1, 0.15) is 25.2 Å². The zero-order valence-corrected chi connectivity index (χ0v) is 13.0. The lowest BCUT2D eigenvalue weighted by Crippen LogP contribution is -2.42. The highest BCUT2D eigenvalue weighted by atomic mass is 16.5. The van der Waals surface area contributed by atoms with Crippen LogP contribution in [0.15, 0.2) is 18.2 Å². The van der Waals surface area contributed by atoms with Crippen molar-refractivity contribution in [3.05, 3.63) is 29.6 Å². The van der Waals surface area contributed by atoms with E-state index < -0.39 is 37.6 Å². The third-order valence-electron chi connectivity index (χ3n) is 3.55. The Kier molecular flexibility index (Phi) is 7.34. The van der Waals surface area contributed by atoms with Gasteiger partial charge < -0.3 is 29.9 Å². The topological polar surface area (TPSA) is 112 Å². The fourth-order valence-electron chi connectivity index (χ4n) is 2.25. The molecule has 0 aromatic carbocycles. The Morgan fingerprint density at radius 3 is 1.45 bits per heavy atom. The summed E-state index contributed by atoms with van der Waals surface area (Å²) in [4.78, 5) is 4.35. The van der Waals surface area contributed by atoms with Gasteiger partial charge in [-0.1, -0.05) is 6.07 Å². The number of hydrogen-bond donors (Lipinski definition) is 4. The maximum Gasteiger partial charge on any atom is 0.156 e. The Labute approximate surface area is 130 Å². The number of pyridine rings is 1. The average molecular weight is 315 g/mol. The van der Waals surface area contributed by atoms with Crippen LogP contribution in [0.5, 0.6) is 0 Å². The van der Waals surface area contributed by atoms with Gasteiger partial charge in [-0.2, -0.15) is 0 Å². The molecule has 7 nitrogen and oxygen atoms in total. The smallest absolute Gasteiger partial charge is 0.156 e. The molecule has 0 spiro atoms. The van der Waals surface area contributed by atoms with E-state index in [0.717, 1.165) is 0 Å². The standard InChI is InChI=1S/C15H25NO6/c1-3-21-14(8-17,9-18)12-6-5-7-13(16-12)15(10-19,11-20)22-4-2/h5-7,17-20H,3-4,8-11H2,1-2H3. The van der Waals surface area contributed by atoms with Gasteiger partial charge in [-0.3, -0.25) is 4.98 Å². The first-order valence-corrected chi connectivity index (χ1v) is 7.27. The minimum atomic E-state index is -1.34. The molecule has 7 heteroatoms. The van der Waals surface area contributed by atoms with E-state index in [1.807, 2.05) is 0 Å². The summed E-state index contributed by atoms with van der Waals surface area (Å²) in [6.45, 7) is 2.25. The molecule has 0 aliphatic rings. The van der Waals surface area contributed by atoms with E-state index in [9.17, 15) is 20.4 Å². The molecule has 0 bridgehead atoms. The van der Waals surface area contributed by atoms with Gasteiger partial charge >= 0.3 is 0 Å². The van der Waals surface area contributed by atoms with E-state index in [1.54, 1.807) is 32.0 Å². The molecule has 1 heterocycles.